The van der Waals surface area contributed by atoms with Gasteiger partial charge in [-0.05, 0) is 17.9 Å². The first-order valence-electron chi connectivity index (χ1n) is 10.5. The van der Waals surface area contributed by atoms with Gasteiger partial charge >= 0.3 is 0 Å². The van der Waals surface area contributed by atoms with Gasteiger partial charge in [-0.15, -0.1) is 0 Å². The number of carbonyl (C=O) groups is 3. The number of hydrogen-bond acceptors (Lipinski definition) is 7. The average Bonchev–Trinajstić information content (AvgIpc) is 2.78. The van der Waals surface area contributed by atoms with Gasteiger partial charge in [0.15, 0.2) is 0 Å². The molecule has 1 aliphatic rings. The molecule has 3 amide bonds. The van der Waals surface area contributed by atoms with E-state index in [1.165, 1.54) is 12.1 Å². The molecule has 2 rings (SSSR count). The first-order valence-corrected chi connectivity index (χ1v) is 10.5. The number of nitrogens with one attached hydrogen (secondary N) is 2. The summed E-state index contributed by atoms with van der Waals surface area (Å²) in [5.74, 6) is -2.04. The monoisotopic (exact) mass is 450 g/mol. The van der Waals surface area contributed by atoms with Crippen LogP contribution in [0, 0.1) is 22.0 Å². The van der Waals surface area contributed by atoms with Gasteiger partial charge in [0.05, 0.1) is 18.1 Å². The Bertz CT molecular complexity index is 807. The van der Waals surface area contributed by atoms with Crippen LogP contribution in [0.1, 0.15) is 32.3 Å². The minimum atomic E-state index is -0.908. The number of rotatable bonds is 10. The zero-order valence-electron chi connectivity index (χ0n) is 18.3. The van der Waals surface area contributed by atoms with Crippen LogP contribution in [-0.2, 0) is 25.5 Å². The molecule has 1 saturated heterocycles. The molecule has 0 spiro atoms. The normalized spacial score (nSPS) is 15.7. The summed E-state index contributed by atoms with van der Waals surface area (Å²) in [4.78, 5) is 49.8. The molecule has 0 bridgehead atoms. The molecule has 0 aromatic heterocycles. The van der Waals surface area contributed by atoms with Gasteiger partial charge in [0.25, 0.3) is 5.69 Å². The highest BCUT2D eigenvalue weighted by Gasteiger charge is 2.31. The van der Waals surface area contributed by atoms with E-state index < -0.39 is 28.7 Å². The van der Waals surface area contributed by atoms with E-state index in [0.717, 1.165) is 0 Å². The van der Waals surface area contributed by atoms with Crippen molar-refractivity contribution >= 4 is 23.4 Å². The lowest BCUT2D eigenvalue weighted by molar-refractivity contribution is -0.384. The van der Waals surface area contributed by atoms with Gasteiger partial charge in [-0.3, -0.25) is 29.7 Å². The largest absolute Gasteiger partial charge is 0.378 e. The van der Waals surface area contributed by atoms with E-state index in [9.17, 15) is 24.5 Å². The molecule has 1 aliphatic heterocycles. The molecule has 1 fully saturated rings. The number of carbonyl (C=O) groups excluding carboxylic acids is 3. The van der Waals surface area contributed by atoms with Crippen molar-refractivity contribution in [1.29, 1.82) is 0 Å². The zero-order valence-corrected chi connectivity index (χ0v) is 18.3. The Morgan fingerprint density at radius 3 is 2.34 bits per heavy atom. The summed E-state index contributed by atoms with van der Waals surface area (Å²) in [6.45, 7) is 5.41. The fourth-order valence-electron chi connectivity index (χ4n) is 3.60. The minimum absolute atomic E-state index is 0.0687. The summed E-state index contributed by atoms with van der Waals surface area (Å²) >= 11 is 0. The molecular weight excluding hydrogens is 420 g/mol. The van der Waals surface area contributed by atoms with E-state index in [0.29, 0.717) is 38.3 Å². The number of nitrogens with zero attached hydrogens (tertiary/aromatic N) is 2. The first-order chi connectivity index (χ1) is 15.2. The lowest BCUT2D eigenvalue weighted by Gasteiger charge is -2.31. The highest BCUT2D eigenvalue weighted by molar-refractivity contribution is 5.90. The van der Waals surface area contributed by atoms with E-state index in [-0.39, 0.29) is 30.4 Å². The number of hydroxylamine groups is 1. The van der Waals surface area contributed by atoms with Gasteiger partial charge in [0, 0.05) is 44.0 Å². The second kappa shape index (κ2) is 12.1. The van der Waals surface area contributed by atoms with E-state index in [2.05, 4.69) is 5.32 Å². The lowest BCUT2D eigenvalue weighted by atomic mass is 9.92. The van der Waals surface area contributed by atoms with Crippen molar-refractivity contribution in [3.05, 3.63) is 39.9 Å². The third-order valence-electron chi connectivity index (χ3n) is 5.21. The van der Waals surface area contributed by atoms with E-state index in [4.69, 9.17) is 9.94 Å². The molecule has 1 aromatic rings. The molecule has 2 atom stereocenters. The smallest absolute Gasteiger partial charge is 0.269 e. The third kappa shape index (κ3) is 7.57. The Hall–Kier alpha value is -3.05. The van der Waals surface area contributed by atoms with Crippen LogP contribution in [0.3, 0.4) is 0 Å². The number of morpholine rings is 1. The molecule has 11 nitrogen and oxygen atoms in total. The predicted octanol–water partition coefficient (Wildman–Crippen LogP) is 1.04. The van der Waals surface area contributed by atoms with Gasteiger partial charge in [-0.1, -0.05) is 26.0 Å². The number of non-ortho nitro benzene ring substituents is 1. The SMILES string of the molecule is CC(C)C[C@H](CC(=O)NO)C(=O)N[C@@H](Cc1ccc([N+](=O)[O-])cc1)C(=O)N1CCOCC1. The Morgan fingerprint density at radius 1 is 1.19 bits per heavy atom. The van der Waals surface area contributed by atoms with E-state index in [1.54, 1.807) is 22.5 Å². The van der Waals surface area contributed by atoms with Crippen molar-refractivity contribution < 1.29 is 29.3 Å². The molecule has 11 heteroatoms. The maximum Gasteiger partial charge on any atom is 0.269 e. The Balaban J connectivity index is 2.21. The number of nitro benzene ring substituents is 1. The molecule has 1 aromatic carbocycles. The third-order valence-corrected chi connectivity index (χ3v) is 5.21. The number of ether oxygens (including phenoxy) is 1. The Morgan fingerprint density at radius 2 is 1.81 bits per heavy atom. The maximum absolute atomic E-state index is 13.2. The van der Waals surface area contributed by atoms with Crippen LogP contribution in [-0.4, -0.2) is 65.1 Å². The first kappa shape index (κ1) is 25.2. The van der Waals surface area contributed by atoms with Crippen LogP contribution in [0.15, 0.2) is 24.3 Å². The highest BCUT2D eigenvalue weighted by Crippen LogP contribution is 2.18. The number of hydrogen-bond donors (Lipinski definition) is 3. The molecule has 176 valence electrons. The van der Waals surface area contributed by atoms with Crippen molar-refractivity contribution in [1.82, 2.24) is 15.7 Å². The maximum atomic E-state index is 13.2. The van der Waals surface area contributed by atoms with Crippen LogP contribution in [0.25, 0.3) is 0 Å². The fourth-order valence-corrected chi connectivity index (χ4v) is 3.60. The number of nitro groups is 1. The van der Waals surface area contributed by atoms with Gasteiger partial charge in [-0.25, -0.2) is 5.48 Å². The summed E-state index contributed by atoms with van der Waals surface area (Å²) in [5, 5.41) is 22.5. The van der Waals surface area contributed by atoms with Crippen LogP contribution >= 0.6 is 0 Å². The number of benzene rings is 1. The van der Waals surface area contributed by atoms with Crippen molar-refractivity contribution in [2.45, 2.75) is 39.2 Å². The summed E-state index contributed by atoms with van der Waals surface area (Å²) in [6.07, 6.45) is 0.326. The molecule has 3 N–H and O–H groups in total. The van der Waals surface area contributed by atoms with Crippen molar-refractivity contribution in [2.75, 3.05) is 26.3 Å². The summed E-state index contributed by atoms with van der Waals surface area (Å²) in [6, 6.07) is 4.89. The summed E-state index contributed by atoms with van der Waals surface area (Å²) < 4.78 is 5.29. The molecular formula is C21H30N4O7. The summed E-state index contributed by atoms with van der Waals surface area (Å²) in [7, 11) is 0. The van der Waals surface area contributed by atoms with Crippen molar-refractivity contribution in [2.24, 2.45) is 11.8 Å². The second-order valence-corrected chi connectivity index (χ2v) is 8.19. The Kier molecular flexibility index (Phi) is 9.54. The molecule has 0 radical (unpaired) electrons. The fraction of sp³-hybridized carbons (Fsp3) is 0.571. The molecule has 0 saturated carbocycles. The van der Waals surface area contributed by atoms with Gasteiger partial charge in [0.2, 0.25) is 17.7 Å². The molecule has 32 heavy (non-hydrogen) atoms. The summed E-state index contributed by atoms with van der Waals surface area (Å²) in [5.41, 5.74) is 2.12. The van der Waals surface area contributed by atoms with Crippen molar-refractivity contribution in [3.8, 4) is 0 Å². The second-order valence-electron chi connectivity index (χ2n) is 8.19. The van der Waals surface area contributed by atoms with E-state index >= 15 is 0 Å². The average molecular weight is 450 g/mol. The topological polar surface area (TPSA) is 151 Å². The zero-order chi connectivity index (χ0) is 23.7. The quantitative estimate of drug-likeness (QED) is 0.274. The van der Waals surface area contributed by atoms with Gasteiger partial charge in [0.1, 0.15) is 6.04 Å². The van der Waals surface area contributed by atoms with Crippen LogP contribution < -0.4 is 10.8 Å². The van der Waals surface area contributed by atoms with E-state index in [1.807, 2.05) is 13.8 Å². The van der Waals surface area contributed by atoms with Crippen LogP contribution in [0.4, 0.5) is 5.69 Å². The molecule has 0 unspecified atom stereocenters. The Labute approximate surface area is 186 Å². The van der Waals surface area contributed by atoms with Gasteiger partial charge in [-0.2, -0.15) is 0 Å². The molecule has 1 heterocycles. The van der Waals surface area contributed by atoms with Gasteiger partial charge < -0.3 is 15.0 Å². The highest BCUT2D eigenvalue weighted by atomic mass is 16.6. The lowest BCUT2D eigenvalue weighted by Crippen LogP contribution is -2.53. The standard InChI is InChI=1S/C21H30N4O7/c1-14(2)11-16(13-19(26)23-29)20(27)22-18(21(28)24-7-9-32-10-8-24)12-15-3-5-17(6-4-15)25(30)31/h3-6,14,16,18,29H,7-13H2,1-2H3,(H,22,27)(H,23,26)/t16-,18+/m1/s1. The van der Waals surface area contributed by atoms with Crippen molar-refractivity contribution in [3.63, 3.8) is 0 Å². The molecule has 0 aliphatic carbocycles. The van der Waals surface area contributed by atoms with Crippen LogP contribution in [0.5, 0.6) is 0 Å². The minimum Gasteiger partial charge on any atom is -0.378 e. The number of amides is 3. The predicted molar refractivity (Wildman–Crippen MR) is 114 cm³/mol. The van der Waals surface area contributed by atoms with Crippen LogP contribution in [0.2, 0.25) is 0 Å².